The van der Waals surface area contributed by atoms with Crippen molar-refractivity contribution in [3.8, 4) is 5.75 Å². The quantitative estimate of drug-likeness (QED) is 0.503. The van der Waals surface area contributed by atoms with Crippen LogP contribution < -0.4 is 15.9 Å². The van der Waals surface area contributed by atoms with Crippen LogP contribution in [0, 0.1) is 0 Å². The standard InChI is InChI=1S/C13H11ClF3N5O/c1-7(21-22-11-6-10(14)19-12(18)20-11)8-2-4-9(5-3-8)23-13(15,16)17/h2-6H,1H3,(H3,18,19,20,22)/b21-7+. The number of nitrogen functional groups attached to an aromatic ring is 1. The first-order valence-corrected chi connectivity index (χ1v) is 6.57. The van der Waals surface area contributed by atoms with E-state index < -0.39 is 6.36 Å². The van der Waals surface area contributed by atoms with Crippen LogP contribution in [0.1, 0.15) is 12.5 Å². The molecule has 2 rings (SSSR count). The van der Waals surface area contributed by atoms with E-state index in [1.807, 2.05) is 0 Å². The molecule has 1 aromatic heterocycles. The SMILES string of the molecule is C/C(=N\Nc1cc(Cl)nc(N)n1)c1ccc(OC(F)(F)F)cc1. The van der Waals surface area contributed by atoms with Crippen LogP contribution in [0.4, 0.5) is 24.9 Å². The summed E-state index contributed by atoms with van der Waals surface area (Å²) in [5.74, 6) is -0.0299. The van der Waals surface area contributed by atoms with Crippen LogP contribution in [0.15, 0.2) is 35.4 Å². The van der Waals surface area contributed by atoms with Gasteiger partial charge in [0.15, 0.2) is 5.82 Å². The third-order valence-electron chi connectivity index (χ3n) is 2.56. The molecule has 3 N–H and O–H groups in total. The number of anilines is 2. The van der Waals surface area contributed by atoms with Crippen LogP contribution in [0.5, 0.6) is 5.75 Å². The first kappa shape index (κ1) is 16.8. The van der Waals surface area contributed by atoms with E-state index in [0.717, 1.165) is 0 Å². The van der Waals surface area contributed by atoms with Gasteiger partial charge in [0.25, 0.3) is 0 Å². The number of ether oxygens (including phenoxy) is 1. The normalized spacial score (nSPS) is 12.1. The molecule has 0 radical (unpaired) electrons. The number of nitrogens with zero attached hydrogens (tertiary/aromatic N) is 3. The maximum absolute atomic E-state index is 12.1. The molecule has 0 fully saturated rings. The van der Waals surface area contributed by atoms with Gasteiger partial charge in [0.1, 0.15) is 10.9 Å². The second-order valence-corrected chi connectivity index (χ2v) is 4.70. The van der Waals surface area contributed by atoms with Crippen molar-refractivity contribution in [2.24, 2.45) is 5.10 Å². The van der Waals surface area contributed by atoms with Gasteiger partial charge in [-0.2, -0.15) is 10.1 Å². The lowest BCUT2D eigenvalue weighted by molar-refractivity contribution is -0.274. The van der Waals surface area contributed by atoms with E-state index in [9.17, 15) is 13.2 Å². The maximum atomic E-state index is 12.1. The zero-order chi connectivity index (χ0) is 17.0. The lowest BCUT2D eigenvalue weighted by atomic mass is 10.1. The van der Waals surface area contributed by atoms with Gasteiger partial charge in [0.2, 0.25) is 5.95 Å². The fraction of sp³-hybridized carbons (Fsp3) is 0.154. The van der Waals surface area contributed by atoms with Crippen molar-refractivity contribution < 1.29 is 17.9 Å². The summed E-state index contributed by atoms with van der Waals surface area (Å²) in [6.07, 6.45) is -4.72. The Labute approximate surface area is 134 Å². The van der Waals surface area contributed by atoms with Crippen molar-refractivity contribution in [2.75, 3.05) is 11.2 Å². The molecule has 0 bridgehead atoms. The summed E-state index contributed by atoms with van der Waals surface area (Å²) >= 11 is 5.73. The fourth-order valence-electron chi connectivity index (χ4n) is 1.60. The summed E-state index contributed by atoms with van der Waals surface area (Å²) in [5, 5.41) is 4.20. The molecule has 0 aliphatic rings. The van der Waals surface area contributed by atoms with E-state index in [2.05, 4.69) is 25.2 Å². The van der Waals surface area contributed by atoms with Crippen LogP contribution >= 0.6 is 11.6 Å². The van der Waals surface area contributed by atoms with E-state index in [0.29, 0.717) is 17.1 Å². The molecule has 10 heteroatoms. The molecule has 122 valence electrons. The van der Waals surface area contributed by atoms with Crippen molar-refractivity contribution in [3.63, 3.8) is 0 Å². The molecular weight excluding hydrogens is 335 g/mol. The van der Waals surface area contributed by atoms with Gasteiger partial charge in [-0.25, -0.2) is 4.98 Å². The predicted molar refractivity (Wildman–Crippen MR) is 80.4 cm³/mol. The van der Waals surface area contributed by atoms with Crippen molar-refractivity contribution in [1.29, 1.82) is 0 Å². The topological polar surface area (TPSA) is 85.4 Å². The average Bonchev–Trinajstić information content (AvgIpc) is 2.43. The number of hydrazone groups is 1. The molecule has 1 heterocycles. The van der Waals surface area contributed by atoms with Crippen molar-refractivity contribution >= 4 is 29.1 Å². The minimum Gasteiger partial charge on any atom is -0.406 e. The van der Waals surface area contributed by atoms with E-state index in [4.69, 9.17) is 17.3 Å². The fourth-order valence-corrected chi connectivity index (χ4v) is 1.79. The van der Waals surface area contributed by atoms with E-state index >= 15 is 0 Å². The molecule has 2 aromatic rings. The summed E-state index contributed by atoms with van der Waals surface area (Å²) in [6.45, 7) is 1.67. The summed E-state index contributed by atoms with van der Waals surface area (Å²) in [7, 11) is 0. The second-order valence-electron chi connectivity index (χ2n) is 4.32. The number of rotatable bonds is 4. The van der Waals surface area contributed by atoms with Gasteiger partial charge in [-0.15, -0.1) is 13.2 Å². The Morgan fingerprint density at radius 3 is 2.48 bits per heavy atom. The Kier molecular flexibility index (Phi) is 4.89. The van der Waals surface area contributed by atoms with Gasteiger partial charge in [0.05, 0.1) is 5.71 Å². The van der Waals surface area contributed by atoms with E-state index in [1.165, 1.54) is 30.3 Å². The highest BCUT2D eigenvalue weighted by Crippen LogP contribution is 2.23. The van der Waals surface area contributed by atoms with Gasteiger partial charge >= 0.3 is 6.36 Å². The second kappa shape index (κ2) is 6.69. The molecule has 0 amide bonds. The Morgan fingerprint density at radius 1 is 1.26 bits per heavy atom. The summed E-state index contributed by atoms with van der Waals surface area (Å²) in [4.78, 5) is 7.57. The smallest absolute Gasteiger partial charge is 0.406 e. The number of hydrogen-bond donors (Lipinski definition) is 2. The molecule has 0 atom stereocenters. The first-order chi connectivity index (χ1) is 10.7. The van der Waals surface area contributed by atoms with Crippen LogP contribution in [-0.4, -0.2) is 22.0 Å². The number of hydrogen-bond acceptors (Lipinski definition) is 6. The molecule has 6 nitrogen and oxygen atoms in total. The highest BCUT2D eigenvalue weighted by atomic mass is 35.5. The molecule has 0 saturated heterocycles. The number of aromatic nitrogens is 2. The van der Waals surface area contributed by atoms with Crippen LogP contribution in [0.25, 0.3) is 0 Å². The zero-order valence-corrected chi connectivity index (χ0v) is 12.5. The molecule has 1 aromatic carbocycles. The third kappa shape index (κ3) is 5.29. The number of alkyl halides is 3. The molecule has 0 saturated carbocycles. The molecule has 0 aliphatic carbocycles. The Morgan fingerprint density at radius 2 is 1.91 bits per heavy atom. The first-order valence-electron chi connectivity index (χ1n) is 6.19. The molecule has 0 aliphatic heterocycles. The highest BCUT2D eigenvalue weighted by Gasteiger charge is 2.30. The Balaban J connectivity index is 2.08. The lowest BCUT2D eigenvalue weighted by Gasteiger charge is -2.09. The molecule has 23 heavy (non-hydrogen) atoms. The van der Waals surface area contributed by atoms with Crippen LogP contribution in [0.2, 0.25) is 5.15 Å². The Hall–Kier alpha value is -2.55. The van der Waals surface area contributed by atoms with Crippen molar-refractivity contribution in [1.82, 2.24) is 9.97 Å². The lowest BCUT2D eigenvalue weighted by Crippen LogP contribution is -2.17. The maximum Gasteiger partial charge on any atom is 0.573 e. The van der Waals surface area contributed by atoms with E-state index in [1.54, 1.807) is 6.92 Å². The largest absolute Gasteiger partial charge is 0.573 e. The van der Waals surface area contributed by atoms with Gasteiger partial charge in [-0.05, 0) is 36.8 Å². The minimum absolute atomic E-state index is 0.0125. The van der Waals surface area contributed by atoms with Gasteiger partial charge in [-0.3, -0.25) is 5.43 Å². The average molecular weight is 346 g/mol. The summed E-state index contributed by atoms with van der Waals surface area (Å²) in [6, 6.07) is 6.71. The van der Waals surface area contributed by atoms with Gasteiger partial charge < -0.3 is 10.5 Å². The monoisotopic (exact) mass is 345 g/mol. The summed E-state index contributed by atoms with van der Waals surface area (Å²) < 4.78 is 40.0. The highest BCUT2D eigenvalue weighted by molar-refractivity contribution is 6.29. The van der Waals surface area contributed by atoms with E-state index in [-0.39, 0.29) is 16.9 Å². The Bertz CT molecular complexity index is 698. The number of nitrogens with two attached hydrogens (primary N) is 1. The number of halogens is 4. The zero-order valence-electron chi connectivity index (χ0n) is 11.7. The minimum atomic E-state index is -4.72. The number of nitrogens with one attached hydrogen (secondary N) is 1. The summed E-state index contributed by atoms with van der Waals surface area (Å²) in [5.41, 5.74) is 9.19. The van der Waals surface area contributed by atoms with Crippen LogP contribution in [-0.2, 0) is 0 Å². The van der Waals surface area contributed by atoms with Gasteiger partial charge in [0, 0.05) is 6.07 Å². The van der Waals surface area contributed by atoms with Gasteiger partial charge in [-0.1, -0.05) is 11.6 Å². The third-order valence-corrected chi connectivity index (χ3v) is 2.75. The molecule has 0 spiro atoms. The molecular formula is C13H11ClF3N5O. The molecule has 0 unspecified atom stereocenters. The van der Waals surface area contributed by atoms with Crippen LogP contribution in [0.3, 0.4) is 0 Å². The van der Waals surface area contributed by atoms with Crippen molar-refractivity contribution in [2.45, 2.75) is 13.3 Å². The predicted octanol–water partition coefficient (Wildman–Crippen LogP) is 3.45. The van der Waals surface area contributed by atoms with Crippen molar-refractivity contribution in [3.05, 3.63) is 41.0 Å². The number of benzene rings is 1.